The third kappa shape index (κ3) is 4.33. The molecule has 1 aliphatic heterocycles. The zero-order valence-electron chi connectivity index (χ0n) is 15.0. The highest BCUT2D eigenvalue weighted by Crippen LogP contribution is 2.33. The van der Waals surface area contributed by atoms with Crippen molar-refractivity contribution in [3.05, 3.63) is 65.5 Å². The van der Waals surface area contributed by atoms with Crippen LogP contribution in [0.15, 0.2) is 53.6 Å². The molecule has 1 aliphatic rings. The maximum absolute atomic E-state index is 13.2. The molecule has 142 valence electrons. The molecule has 0 aromatic heterocycles. The van der Waals surface area contributed by atoms with Crippen LogP contribution in [0.1, 0.15) is 37.4 Å². The number of benzene rings is 2. The van der Waals surface area contributed by atoms with Gasteiger partial charge in [-0.25, -0.2) is 17.8 Å². The molecule has 1 amide bonds. The van der Waals surface area contributed by atoms with Gasteiger partial charge in [0.1, 0.15) is 5.82 Å². The summed E-state index contributed by atoms with van der Waals surface area (Å²) in [5, 5.41) is 5.83. The van der Waals surface area contributed by atoms with E-state index in [9.17, 15) is 17.6 Å². The van der Waals surface area contributed by atoms with Crippen molar-refractivity contribution >= 4 is 27.3 Å². The summed E-state index contributed by atoms with van der Waals surface area (Å²) in [6.07, 6.45) is 0.491. The van der Waals surface area contributed by atoms with Gasteiger partial charge in [0.25, 0.3) is 0 Å². The molecule has 6 nitrogen and oxygen atoms in total. The number of hydrogen-bond donors (Lipinski definition) is 1. The second-order valence-corrected chi connectivity index (χ2v) is 8.28. The largest absolute Gasteiger partial charge is 0.284 e. The smallest absolute Gasteiger partial charge is 0.240 e. The number of amides is 1. The molecule has 1 unspecified atom stereocenters. The van der Waals surface area contributed by atoms with Gasteiger partial charge >= 0.3 is 0 Å². The average molecular weight is 389 g/mol. The molecule has 1 N–H and O–H groups in total. The van der Waals surface area contributed by atoms with Gasteiger partial charge in [0.2, 0.25) is 15.9 Å². The molecule has 27 heavy (non-hydrogen) atoms. The van der Waals surface area contributed by atoms with E-state index in [1.807, 2.05) is 0 Å². The molecule has 0 fully saturated rings. The third-order valence-corrected chi connectivity index (χ3v) is 5.67. The summed E-state index contributed by atoms with van der Waals surface area (Å²) in [6.45, 7) is 3.00. The summed E-state index contributed by atoms with van der Waals surface area (Å²) in [4.78, 5) is 12.0. The Balaban J connectivity index is 1.83. The van der Waals surface area contributed by atoms with Gasteiger partial charge in [-0.05, 0) is 42.3 Å². The zero-order valence-corrected chi connectivity index (χ0v) is 15.8. The van der Waals surface area contributed by atoms with Gasteiger partial charge in [-0.15, -0.1) is 0 Å². The fourth-order valence-corrected chi connectivity index (χ4v) is 3.54. The minimum Gasteiger partial charge on any atom is -0.284 e. The zero-order chi connectivity index (χ0) is 19.6. The van der Waals surface area contributed by atoms with Crippen molar-refractivity contribution in [1.82, 2.24) is 5.01 Å². The van der Waals surface area contributed by atoms with E-state index in [1.54, 1.807) is 43.3 Å². The van der Waals surface area contributed by atoms with E-state index in [0.29, 0.717) is 17.8 Å². The Morgan fingerprint density at radius 3 is 2.37 bits per heavy atom. The molecule has 1 heterocycles. The summed E-state index contributed by atoms with van der Waals surface area (Å²) in [7, 11) is -3.34. The first kappa shape index (κ1) is 19.0. The Bertz CT molecular complexity index is 970. The SMILES string of the molecule is CCS(=O)(=O)Nc1ccc(C2=NN(C(C)=O)C(c3ccc(F)cc3)C2)cc1. The molecule has 0 bridgehead atoms. The lowest BCUT2D eigenvalue weighted by Gasteiger charge is -2.20. The average Bonchev–Trinajstić information content (AvgIpc) is 3.08. The number of carbonyl (C=O) groups is 1. The van der Waals surface area contributed by atoms with Crippen molar-refractivity contribution in [2.24, 2.45) is 5.10 Å². The van der Waals surface area contributed by atoms with Crippen LogP contribution >= 0.6 is 0 Å². The van der Waals surface area contributed by atoms with Gasteiger partial charge in [-0.3, -0.25) is 9.52 Å². The number of nitrogens with one attached hydrogen (secondary N) is 1. The number of carbonyl (C=O) groups excluding carboxylic acids is 1. The molecule has 8 heteroatoms. The molecule has 0 aliphatic carbocycles. The van der Waals surface area contributed by atoms with Crippen molar-refractivity contribution in [3.63, 3.8) is 0 Å². The Morgan fingerprint density at radius 2 is 1.81 bits per heavy atom. The number of anilines is 1. The molecule has 2 aromatic rings. The molecule has 2 aromatic carbocycles. The van der Waals surface area contributed by atoms with E-state index in [1.165, 1.54) is 24.1 Å². The highest BCUT2D eigenvalue weighted by Gasteiger charge is 2.31. The van der Waals surface area contributed by atoms with Crippen LogP contribution < -0.4 is 4.72 Å². The van der Waals surface area contributed by atoms with Gasteiger partial charge in [-0.2, -0.15) is 5.10 Å². The quantitative estimate of drug-likeness (QED) is 0.852. The van der Waals surface area contributed by atoms with Crippen molar-refractivity contribution in [2.75, 3.05) is 10.5 Å². The lowest BCUT2D eigenvalue weighted by Crippen LogP contribution is -2.24. The summed E-state index contributed by atoms with van der Waals surface area (Å²) < 4.78 is 39.0. The van der Waals surface area contributed by atoms with Crippen molar-refractivity contribution in [2.45, 2.75) is 26.3 Å². The monoisotopic (exact) mass is 389 g/mol. The first-order valence-electron chi connectivity index (χ1n) is 8.52. The molecule has 1 atom stereocenters. The van der Waals surface area contributed by atoms with Crippen LogP contribution in [-0.2, 0) is 14.8 Å². The van der Waals surface area contributed by atoms with E-state index in [2.05, 4.69) is 9.82 Å². The summed E-state index contributed by atoms with van der Waals surface area (Å²) in [5.41, 5.74) is 2.78. The predicted molar refractivity (Wildman–Crippen MR) is 102 cm³/mol. The topological polar surface area (TPSA) is 78.8 Å². The Morgan fingerprint density at radius 1 is 1.19 bits per heavy atom. The lowest BCUT2D eigenvalue weighted by molar-refractivity contribution is -0.130. The minimum atomic E-state index is -3.34. The highest BCUT2D eigenvalue weighted by atomic mass is 32.2. The van der Waals surface area contributed by atoms with Crippen molar-refractivity contribution in [1.29, 1.82) is 0 Å². The van der Waals surface area contributed by atoms with Crippen molar-refractivity contribution in [3.8, 4) is 0 Å². The Hall–Kier alpha value is -2.74. The van der Waals surface area contributed by atoms with Crippen molar-refractivity contribution < 1.29 is 17.6 Å². The summed E-state index contributed by atoms with van der Waals surface area (Å²) in [6, 6.07) is 12.6. The van der Waals surface area contributed by atoms with E-state index >= 15 is 0 Å². The molecule has 0 saturated heterocycles. The number of sulfonamides is 1. The van der Waals surface area contributed by atoms with Gasteiger partial charge < -0.3 is 0 Å². The van der Waals surface area contributed by atoms with E-state index in [-0.39, 0.29) is 23.5 Å². The van der Waals surface area contributed by atoms with Gasteiger partial charge in [0.15, 0.2) is 0 Å². The first-order valence-corrected chi connectivity index (χ1v) is 10.2. The van der Waals surface area contributed by atoms with Crippen LogP contribution in [0, 0.1) is 5.82 Å². The van der Waals surface area contributed by atoms with Crippen LogP contribution in [0.25, 0.3) is 0 Å². The van der Waals surface area contributed by atoms with Gasteiger partial charge in [-0.1, -0.05) is 24.3 Å². The first-order chi connectivity index (χ1) is 12.8. The Kier molecular flexibility index (Phi) is 5.27. The van der Waals surface area contributed by atoms with E-state index in [0.717, 1.165) is 11.1 Å². The van der Waals surface area contributed by atoms with Gasteiger partial charge in [0.05, 0.1) is 17.5 Å². The second kappa shape index (κ2) is 7.48. The standard InChI is InChI=1S/C19H20FN3O3S/c1-3-27(25,26)22-17-10-6-14(7-11-17)18-12-19(23(21-18)13(2)24)15-4-8-16(20)9-5-15/h4-11,19,22H,3,12H2,1-2H3. The maximum atomic E-state index is 13.2. The normalized spacial score (nSPS) is 16.9. The number of hydrazone groups is 1. The maximum Gasteiger partial charge on any atom is 0.240 e. The third-order valence-electron chi connectivity index (χ3n) is 4.36. The fourth-order valence-electron chi connectivity index (χ4n) is 2.90. The number of rotatable bonds is 5. The lowest BCUT2D eigenvalue weighted by atomic mass is 9.98. The minimum absolute atomic E-state index is 0.00557. The molecular formula is C19H20FN3O3S. The summed E-state index contributed by atoms with van der Waals surface area (Å²) >= 11 is 0. The Labute approximate surface area is 157 Å². The van der Waals surface area contributed by atoms with Crippen LogP contribution in [-0.4, -0.2) is 30.8 Å². The predicted octanol–water partition coefficient (Wildman–Crippen LogP) is 3.28. The molecular weight excluding hydrogens is 369 g/mol. The van der Waals surface area contributed by atoms with Crippen LogP contribution in [0.5, 0.6) is 0 Å². The highest BCUT2D eigenvalue weighted by molar-refractivity contribution is 7.92. The molecule has 0 radical (unpaired) electrons. The van der Waals surface area contributed by atoms with Crippen LogP contribution in [0.3, 0.4) is 0 Å². The van der Waals surface area contributed by atoms with E-state index in [4.69, 9.17) is 0 Å². The van der Waals surface area contributed by atoms with E-state index < -0.39 is 10.0 Å². The fraction of sp³-hybridized carbons (Fsp3) is 0.263. The van der Waals surface area contributed by atoms with Crippen LogP contribution in [0.4, 0.5) is 10.1 Å². The molecule has 3 rings (SSSR count). The summed E-state index contributed by atoms with van der Waals surface area (Å²) in [5.74, 6) is -0.544. The molecule has 0 saturated carbocycles. The van der Waals surface area contributed by atoms with Crippen LogP contribution in [0.2, 0.25) is 0 Å². The number of nitrogens with zero attached hydrogens (tertiary/aromatic N) is 2. The molecule has 0 spiro atoms. The number of hydrogen-bond acceptors (Lipinski definition) is 4. The second-order valence-electron chi connectivity index (χ2n) is 6.26. The van der Waals surface area contributed by atoms with Gasteiger partial charge in [0, 0.05) is 19.0 Å². The number of halogens is 1.